The Morgan fingerprint density at radius 1 is 0.829 bits per heavy atom. The first-order valence-electron chi connectivity index (χ1n) is 10.7. The molecule has 0 aliphatic heterocycles. The van der Waals surface area contributed by atoms with E-state index >= 15 is 0 Å². The molecule has 1 N–H and O–H groups in total. The van der Waals surface area contributed by atoms with Crippen molar-refractivity contribution in [2.45, 2.75) is 4.90 Å². The van der Waals surface area contributed by atoms with E-state index in [0.717, 1.165) is 33.2 Å². The van der Waals surface area contributed by atoms with Crippen LogP contribution in [0.5, 0.6) is 11.6 Å². The van der Waals surface area contributed by atoms with Gasteiger partial charge in [-0.15, -0.1) is 0 Å². The highest BCUT2D eigenvalue weighted by atomic mass is 32.2. The molecule has 0 aliphatic carbocycles. The zero-order valence-corrected chi connectivity index (χ0v) is 19.8. The lowest BCUT2D eigenvalue weighted by molar-refractivity contribution is 0.398. The molecule has 0 spiro atoms. The second-order valence-corrected chi connectivity index (χ2v) is 8.73. The number of rotatable bonds is 7. The molecule has 2 aromatic carbocycles. The summed E-state index contributed by atoms with van der Waals surface area (Å²) in [5.74, 6) is 1.74. The zero-order valence-electron chi connectivity index (χ0n) is 19.0. The van der Waals surface area contributed by atoms with E-state index < -0.39 is 11.0 Å². The molecule has 0 amide bonds. The van der Waals surface area contributed by atoms with E-state index in [9.17, 15) is 4.21 Å². The molecule has 5 rings (SSSR count). The van der Waals surface area contributed by atoms with Gasteiger partial charge in [-0.2, -0.15) is 0 Å². The molecule has 174 valence electrons. The lowest BCUT2D eigenvalue weighted by Crippen LogP contribution is -2.06. The van der Waals surface area contributed by atoms with Crippen LogP contribution < -0.4 is 14.2 Å². The fraction of sp³-hybridized carbons (Fsp3) is 0.0769. The Kier molecular flexibility index (Phi) is 6.32. The second kappa shape index (κ2) is 9.86. The van der Waals surface area contributed by atoms with E-state index in [1.54, 1.807) is 38.9 Å². The highest BCUT2D eigenvalue weighted by Gasteiger charge is 2.14. The molecular weight excluding hydrogens is 462 g/mol. The van der Waals surface area contributed by atoms with Crippen molar-refractivity contribution in [1.82, 2.24) is 19.9 Å². The van der Waals surface area contributed by atoms with Crippen LogP contribution >= 0.6 is 0 Å². The van der Waals surface area contributed by atoms with Gasteiger partial charge in [-0.3, -0.25) is 9.71 Å². The maximum absolute atomic E-state index is 12.8. The van der Waals surface area contributed by atoms with E-state index in [-0.39, 0.29) is 0 Å². The van der Waals surface area contributed by atoms with Crippen molar-refractivity contribution in [3.8, 4) is 34.0 Å². The van der Waals surface area contributed by atoms with Crippen LogP contribution in [0.4, 0.5) is 5.82 Å². The third-order valence-electron chi connectivity index (χ3n) is 5.46. The fourth-order valence-electron chi connectivity index (χ4n) is 3.73. The smallest absolute Gasteiger partial charge is 0.212 e. The van der Waals surface area contributed by atoms with Gasteiger partial charge >= 0.3 is 0 Å². The van der Waals surface area contributed by atoms with Crippen LogP contribution in [0.3, 0.4) is 0 Å². The van der Waals surface area contributed by atoms with Crippen LogP contribution in [-0.2, 0) is 11.0 Å². The average molecular weight is 484 g/mol. The van der Waals surface area contributed by atoms with Crippen LogP contribution in [-0.4, -0.2) is 38.4 Å². The van der Waals surface area contributed by atoms with Crippen molar-refractivity contribution >= 4 is 27.6 Å². The molecule has 1 unspecified atom stereocenters. The number of aromatic nitrogens is 4. The van der Waals surface area contributed by atoms with E-state index in [2.05, 4.69) is 24.7 Å². The standard InChI is InChI=1S/C26H21N5O3S/c1-33-23-14-17(19-4-8-25(34-2)29-15-19)3-6-22(23)26-21-7-5-20(13-18(21)9-12-28-26)35(32)31-24-10-11-27-16-30-24/h3-16H,1-2H3,(H,27,30,31). The molecular formula is C26H21N5O3S. The van der Waals surface area contributed by atoms with Gasteiger partial charge in [-0.25, -0.2) is 19.2 Å². The molecule has 0 bridgehead atoms. The van der Waals surface area contributed by atoms with Crippen LogP contribution in [0.25, 0.3) is 33.2 Å². The van der Waals surface area contributed by atoms with Crippen LogP contribution in [0, 0.1) is 0 Å². The molecule has 5 aromatic rings. The van der Waals surface area contributed by atoms with Gasteiger partial charge in [0.05, 0.1) is 24.8 Å². The number of benzene rings is 2. The first-order valence-corrected chi connectivity index (χ1v) is 11.8. The van der Waals surface area contributed by atoms with E-state index in [1.165, 1.54) is 6.33 Å². The number of pyridine rings is 2. The molecule has 0 saturated heterocycles. The summed E-state index contributed by atoms with van der Waals surface area (Å²) in [5.41, 5.74) is 3.55. The van der Waals surface area contributed by atoms with Crippen molar-refractivity contribution < 1.29 is 13.7 Å². The van der Waals surface area contributed by atoms with Gasteiger partial charge in [0.15, 0.2) is 11.0 Å². The minimum Gasteiger partial charge on any atom is -0.496 e. The molecule has 3 heterocycles. The van der Waals surface area contributed by atoms with Gasteiger partial charge in [-0.05, 0) is 53.4 Å². The van der Waals surface area contributed by atoms with E-state index in [1.807, 2.05) is 54.6 Å². The summed E-state index contributed by atoms with van der Waals surface area (Å²) >= 11 is 0. The molecule has 3 aromatic heterocycles. The number of hydrogen-bond donors (Lipinski definition) is 1. The van der Waals surface area contributed by atoms with E-state index in [0.29, 0.717) is 22.3 Å². The molecule has 8 nitrogen and oxygen atoms in total. The first-order chi connectivity index (χ1) is 17.2. The molecule has 0 radical (unpaired) electrons. The second-order valence-electron chi connectivity index (χ2n) is 7.51. The minimum atomic E-state index is -1.47. The summed E-state index contributed by atoms with van der Waals surface area (Å²) in [5, 5.41) is 1.84. The third-order valence-corrected chi connectivity index (χ3v) is 6.54. The molecule has 0 aliphatic rings. The van der Waals surface area contributed by atoms with E-state index in [4.69, 9.17) is 9.47 Å². The summed E-state index contributed by atoms with van der Waals surface area (Å²) in [6, 6.07) is 18.9. The topological polar surface area (TPSA) is 99.1 Å². The molecule has 0 saturated carbocycles. The molecule has 0 fully saturated rings. The number of fused-ring (bicyclic) bond motifs is 1. The monoisotopic (exact) mass is 483 g/mol. The summed E-state index contributed by atoms with van der Waals surface area (Å²) in [7, 11) is 1.75. The Labute approximate surface area is 204 Å². The predicted molar refractivity (Wildman–Crippen MR) is 136 cm³/mol. The van der Waals surface area contributed by atoms with Crippen molar-refractivity contribution in [2.24, 2.45) is 0 Å². The van der Waals surface area contributed by atoms with Gasteiger partial charge < -0.3 is 9.47 Å². The summed E-state index contributed by atoms with van der Waals surface area (Å²) in [6.45, 7) is 0. The summed E-state index contributed by atoms with van der Waals surface area (Å²) in [4.78, 5) is 17.5. The van der Waals surface area contributed by atoms with Gasteiger partial charge in [-0.1, -0.05) is 12.1 Å². The Morgan fingerprint density at radius 3 is 2.46 bits per heavy atom. The third kappa shape index (κ3) is 4.67. The molecule has 1 atom stereocenters. The first kappa shape index (κ1) is 22.4. The predicted octanol–water partition coefficient (Wildman–Crippen LogP) is 4.91. The lowest BCUT2D eigenvalue weighted by Gasteiger charge is -2.13. The number of hydrogen-bond acceptors (Lipinski definition) is 7. The maximum Gasteiger partial charge on any atom is 0.212 e. The van der Waals surface area contributed by atoms with Crippen molar-refractivity contribution in [3.63, 3.8) is 0 Å². The largest absolute Gasteiger partial charge is 0.496 e. The maximum atomic E-state index is 12.8. The quantitative estimate of drug-likeness (QED) is 0.351. The van der Waals surface area contributed by atoms with Crippen molar-refractivity contribution in [3.05, 3.63) is 85.6 Å². The number of nitrogens with zero attached hydrogens (tertiary/aromatic N) is 4. The van der Waals surface area contributed by atoms with Crippen molar-refractivity contribution in [1.29, 1.82) is 0 Å². The summed E-state index contributed by atoms with van der Waals surface area (Å²) < 4.78 is 26.6. The highest BCUT2D eigenvalue weighted by molar-refractivity contribution is 7.86. The molecule has 35 heavy (non-hydrogen) atoms. The lowest BCUT2D eigenvalue weighted by atomic mass is 9.99. The van der Waals surface area contributed by atoms with Gasteiger partial charge in [0.2, 0.25) is 5.88 Å². The number of nitrogens with one attached hydrogen (secondary N) is 1. The number of methoxy groups -OCH3 is 2. The minimum absolute atomic E-state index is 0.491. The van der Waals surface area contributed by atoms with Crippen LogP contribution in [0.15, 0.2) is 90.5 Å². The number of ether oxygens (including phenoxy) is 2. The zero-order chi connectivity index (χ0) is 24.2. The van der Waals surface area contributed by atoms with Gasteiger partial charge in [0, 0.05) is 41.2 Å². The Morgan fingerprint density at radius 2 is 1.71 bits per heavy atom. The van der Waals surface area contributed by atoms with Gasteiger partial charge in [0.1, 0.15) is 17.9 Å². The Hall–Kier alpha value is -4.37. The summed E-state index contributed by atoms with van der Waals surface area (Å²) in [6.07, 6.45) is 6.50. The SMILES string of the molecule is COc1ccc(-c2ccc(-c3nccc4cc(S(=O)Nc5ccncn5)ccc34)c(OC)c2)cn1. The average Bonchev–Trinajstić information content (AvgIpc) is 2.92. The molecule has 9 heteroatoms. The highest BCUT2D eigenvalue weighted by Crippen LogP contribution is 2.37. The fourth-order valence-corrected chi connectivity index (χ4v) is 4.58. The Balaban J connectivity index is 1.49. The van der Waals surface area contributed by atoms with Crippen molar-refractivity contribution in [2.75, 3.05) is 18.9 Å². The Bertz CT molecular complexity index is 1510. The van der Waals surface area contributed by atoms with Gasteiger partial charge in [0.25, 0.3) is 0 Å². The normalized spacial score (nSPS) is 11.7. The number of anilines is 1. The van der Waals surface area contributed by atoms with Crippen LogP contribution in [0.1, 0.15) is 0 Å². The van der Waals surface area contributed by atoms with Crippen LogP contribution in [0.2, 0.25) is 0 Å².